The first kappa shape index (κ1) is 13.5. The molecule has 0 heterocycles. The van der Waals surface area contributed by atoms with Crippen molar-refractivity contribution in [1.29, 1.82) is 0 Å². The topological polar surface area (TPSA) is 58.9 Å². The molecule has 98 valence electrons. The van der Waals surface area contributed by atoms with Gasteiger partial charge in [0.15, 0.2) is 0 Å². The minimum atomic E-state index is -1.46. The fraction of sp³-hybridized carbons (Fsp3) is 0.143. The molecule has 0 atom stereocenters. The lowest BCUT2D eigenvalue weighted by molar-refractivity contribution is 0.404. The highest BCUT2D eigenvalue weighted by Gasteiger charge is 2.12. The second-order valence-corrected chi connectivity index (χ2v) is 4.06. The quantitative estimate of drug-likeness (QED) is 0.805. The van der Waals surface area contributed by atoms with Crippen molar-refractivity contribution in [1.82, 2.24) is 0 Å². The molecule has 0 amide bonds. The first-order chi connectivity index (χ1) is 9.15. The summed E-state index contributed by atoms with van der Waals surface area (Å²) in [7, 11) is 1.76. The van der Waals surface area contributed by atoms with Crippen molar-refractivity contribution in [2.45, 2.75) is 0 Å². The van der Waals surface area contributed by atoms with E-state index in [1.165, 1.54) is 0 Å². The molecule has 0 aliphatic rings. The summed E-state index contributed by atoms with van der Waals surface area (Å²) >= 11 is 0. The zero-order valence-corrected chi connectivity index (χ0v) is 10.8. The number of hydrogen-bond donors (Lipinski definition) is 2. The van der Waals surface area contributed by atoms with Crippen LogP contribution in [0.5, 0.6) is 11.5 Å². The molecule has 0 aliphatic heterocycles. The normalized spacial score (nSPS) is 10.1. The highest BCUT2D eigenvalue weighted by molar-refractivity contribution is 6.58. The maximum absolute atomic E-state index is 9.08. The third-order valence-electron chi connectivity index (χ3n) is 2.93. The van der Waals surface area contributed by atoms with Crippen molar-refractivity contribution in [2.24, 2.45) is 0 Å². The summed E-state index contributed by atoms with van der Waals surface area (Å²) in [5.74, 6) is 1.47. The fourth-order valence-corrected chi connectivity index (χ4v) is 1.87. The van der Waals surface area contributed by atoms with Crippen LogP contribution in [0.3, 0.4) is 0 Å². The molecule has 2 aromatic rings. The molecule has 0 saturated heterocycles. The van der Waals surface area contributed by atoms with E-state index in [4.69, 9.17) is 19.5 Å². The highest BCUT2D eigenvalue weighted by Crippen LogP contribution is 2.32. The Morgan fingerprint density at radius 3 is 2.11 bits per heavy atom. The van der Waals surface area contributed by atoms with Crippen LogP contribution in [0, 0.1) is 0 Å². The molecule has 0 fully saturated rings. The third-order valence-corrected chi connectivity index (χ3v) is 2.93. The zero-order valence-electron chi connectivity index (χ0n) is 10.8. The largest absolute Gasteiger partial charge is 0.497 e. The molecule has 0 saturated carbocycles. The van der Waals surface area contributed by atoms with Crippen LogP contribution in [0.4, 0.5) is 0 Å². The maximum Gasteiger partial charge on any atom is 0.488 e. The van der Waals surface area contributed by atoms with E-state index in [2.05, 4.69) is 0 Å². The predicted octanol–water partition coefficient (Wildman–Crippen LogP) is 1.05. The van der Waals surface area contributed by atoms with Crippen molar-refractivity contribution < 1.29 is 19.5 Å². The second-order valence-electron chi connectivity index (χ2n) is 4.06. The van der Waals surface area contributed by atoms with Crippen LogP contribution in [0.2, 0.25) is 0 Å². The molecule has 2 aromatic carbocycles. The van der Waals surface area contributed by atoms with Crippen molar-refractivity contribution in [3.8, 4) is 22.6 Å². The van der Waals surface area contributed by atoms with Crippen LogP contribution in [0.1, 0.15) is 0 Å². The monoisotopic (exact) mass is 258 g/mol. The number of ether oxygens (including phenoxy) is 2. The van der Waals surface area contributed by atoms with Crippen LogP contribution in [0.15, 0.2) is 42.5 Å². The summed E-state index contributed by atoms with van der Waals surface area (Å²) in [6.07, 6.45) is 0. The van der Waals surface area contributed by atoms with Gasteiger partial charge in [-0.25, -0.2) is 0 Å². The number of hydrogen-bond acceptors (Lipinski definition) is 4. The van der Waals surface area contributed by atoms with E-state index in [9.17, 15) is 0 Å². The number of rotatable bonds is 4. The van der Waals surface area contributed by atoms with E-state index in [0.717, 1.165) is 22.6 Å². The summed E-state index contributed by atoms with van der Waals surface area (Å²) in [4.78, 5) is 0. The van der Waals surface area contributed by atoms with E-state index in [1.54, 1.807) is 26.4 Å². The molecular weight excluding hydrogens is 243 g/mol. The van der Waals surface area contributed by atoms with Gasteiger partial charge >= 0.3 is 7.12 Å². The number of methoxy groups -OCH3 is 2. The highest BCUT2D eigenvalue weighted by atomic mass is 16.5. The summed E-state index contributed by atoms with van der Waals surface area (Å²) < 4.78 is 10.5. The molecule has 0 spiro atoms. The Labute approximate surface area is 112 Å². The third kappa shape index (κ3) is 2.89. The first-order valence-corrected chi connectivity index (χ1v) is 5.84. The minimum absolute atomic E-state index is 0.450. The van der Waals surface area contributed by atoms with Gasteiger partial charge in [0, 0.05) is 5.56 Å². The van der Waals surface area contributed by atoms with Crippen LogP contribution in [0.25, 0.3) is 11.1 Å². The van der Waals surface area contributed by atoms with Crippen LogP contribution in [-0.4, -0.2) is 31.4 Å². The van der Waals surface area contributed by atoms with Gasteiger partial charge in [-0.3, -0.25) is 0 Å². The van der Waals surface area contributed by atoms with Gasteiger partial charge < -0.3 is 19.5 Å². The predicted molar refractivity (Wildman–Crippen MR) is 74.8 cm³/mol. The SMILES string of the molecule is COc1ccc(OC)c(-c2ccc(B(O)O)cc2)c1. The average molecular weight is 258 g/mol. The van der Waals surface area contributed by atoms with E-state index in [-0.39, 0.29) is 0 Å². The zero-order chi connectivity index (χ0) is 13.8. The lowest BCUT2D eigenvalue weighted by atomic mass is 9.80. The van der Waals surface area contributed by atoms with Gasteiger partial charge in [-0.05, 0) is 29.2 Å². The molecule has 0 bridgehead atoms. The van der Waals surface area contributed by atoms with Gasteiger partial charge in [0.2, 0.25) is 0 Å². The molecule has 5 heteroatoms. The molecule has 0 aliphatic carbocycles. The Kier molecular flexibility index (Phi) is 4.09. The van der Waals surface area contributed by atoms with Crippen LogP contribution >= 0.6 is 0 Å². The first-order valence-electron chi connectivity index (χ1n) is 5.84. The lowest BCUT2D eigenvalue weighted by Crippen LogP contribution is -2.29. The Morgan fingerprint density at radius 1 is 0.895 bits per heavy atom. The molecule has 2 N–H and O–H groups in total. The minimum Gasteiger partial charge on any atom is -0.497 e. The van der Waals surface area contributed by atoms with E-state index in [1.807, 2.05) is 30.3 Å². The Bertz CT molecular complexity index is 552. The summed E-state index contributed by atoms with van der Waals surface area (Å²) in [6.45, 7) is 0. The van der Waals surface area contributed by atoms with Crippen molar-refractivity contribution in [3.05, 3.63) is 42.5 Å². The van der Waals surface area contributed by atoms with E-state index in [0.29, 0.717) is 5.46 Å². The molecule has 0 radical (unpaired) electrons. The Morgan fingerprint density at radius 2 is 1.58 bits per heavy atom. The van der Waals surface area contributed by atoms with Gasteiger partial charge in [0.05, 0.1) is 14.2 Å². The maximum atomic E-state index is 9.08. The number of benzene rings is 2. The molecule has 0 aromatic heterocycles. The average Bonchev–Trinajstić information content (AvgIpc) is 2.46. The van der Waals surface area contributed by atoms with Gasteiger partial charge in [0.1, 0.15) is 11.5 Å². The van der Waals surface area contributed by atoms with E-state index >= 15 is 0 Å². The second kappa shape index (κ2) is 5.78. The standard InChI is InChI=1S/C14H15BO4/c1-18-12-7-8-14(19-2)13(9-12)10-3-5-11(6-4-10)15(16)17/h3-9,16-17H,1-2H3. The van der Waals surface area contributed by atoms with Crippen molar-refractivity contribution in [2.75, 3.05) is 14.2 Å². The van der Waals surface area contributed by atoms with Gasteiger partial charge in [0.25, 0.3) is 0 Å². The molecule has 19 heavy (non-hydrogen) atoms. The van der Waals surface area contributed by atoms with E-state index < -0.39 is 7.12 Å². The molecule has 2 rings (SSSR count). The van der Waals surface area contributed by atoms with Gasteiger partial charge in [-0.2, -0.15) is 0 Å². The van der Waals surface area contributed by atoms with Gasteiger partial charge in [-0.1, -0.05) is 24.3 Å². The van der Waals surface area contributed by atoms with Gasteiger partial charge in [-0.15, -0.1) is 0 Å². The summed E-state index contributed by atoms with van der Waals surface area (Å²) in [5.41, 5.74) is 2.26. The summed E-state index contributed by atoms with van der Waals surface area (Å²) in [6, 6.07) is 12.5. The van der Waals surface area contributed by atoms with Crippen LogP contribution in [-0.2, 0) is 0 Å². The molecular formula is C14H15BO4. The van der Waals surface area contributed by atoms with Crippen molar-refractivity contribution in [3.63, 3.8) is 0 Å². The smallest absolute Gasteiger partial charge is 0.488 e. The summed E-state index contributed by atoms with van der Waals surface area (Å²) in [5, 5.41) is 18.2. The fourth-order valence-electron chi connectivity index (χ4n) is 1.87. The molecule has 0 unspecified atom stereocenters. The lowest BCUT2D eigenvalue weighted by Gasteiger charge is -2.11. The van der Waals surface area contributed by atoms with Crippen LogP contribution < -0.4 is 14.9 Å². The van der Waals surface area contributed by atoms with Crippen molar-refractivity contribution >= 4 is 12.6 Å². The molecule has 4 nitrogen and oxygen atoms in total. The Hall–Kier alpha value is -1.98. The Balaban J connectivity index is 2.44.